The molecule has 2 N–H and O–H groups in total. The van der Waals surface area contributed by atoms with Crippen molar-refractivity contribution in [2.45, 2.75) is 52.0 Å². The lowest BCUT2D eigenvalue weighted by Crippen LogP contribution is -2.46. The monoisotopic (exact) mass is 306 g/mol. The summed E-state index contributed by atoms with van der Waals surface area (Å²) in [6.45, 7) is 5.46. The fourth-order valence-electron chi connectivity index (χ4n) is 3.41. The number of nitrogens with one attached hydrogen (secondary N) is 2. The van der Waals surface area contributed by atoms with Gasteiger partial charge < -0.3 is 5.32 Å². The first kappa shape index (κ1) is 17.1. The molecule has 3 nitrogen and oxygen atoms in total. The van der Waals surface area contributed by atoms with Crippen molar-refractivity contribution in [3.8, 4) is 0 Å². The van der Waals surface area contributed by atoms with Gasteiger partial charge in [-0.25, -0.2) is 0 Å². The molecule has 1 saturated carbocycles. The third-order valence-electron chi connectivity index (χ3n) is 4.18. The molecule has 0 aromatic rings. The smallest absolute Gasteiger partial charge is 0.238 e. The maximum atomic E-state index is 12.0. The number of thioether (sulfide) groups is 1. The zero-order chi connectivity index (χ0) is 13.0. The number of halogens is 1. The number of carbonyl (C=O) groups is 1. The number of hydrogen-bond donors (Lipinski definition) is 2. The first-order valence-electron chi connectivity index (χ1n) is 7.20. The van der Waals surface area contributed by atoms with Crippen molar-refractivity contribution in [1.29, 1.82) is 0 Å². The van der Waals surface area contributed by atoms with Crippen molar-refractivity contribution in [2.24, 2.45) is 11.3 Å². The highest BCUT2D eigenvalue weighted by Gasteiger charge is 2.35. The normalized spacial score (nSPS) is 25.3. The summed E-state index contributed by atoms with van der Waals surface area (Å²) in [7, 11) is 0. The molecule has 1 unspecified atom stereocenters. The molecule has 0 radical (unpaired) electrons. The summed E-state index contributed by atoms with van der Waals surface area (Å²) in [5.74, 6) is 2.76. The van der Waals surface area contributed by atoms with Crippen LogP contribution in [0.1, 0.15) is 46.0 Å². The lowest BCUT2D eigenvalue weighted by Gasteiger charge is -2.31. The lowest BCUT2D eigenvalue weighted by molar-refractivity contribution is -0.123. The van der Waals surface area contributed by atoms with E-state index in [9.17, 15) is 4.79 Å². The van der Waals surface area contributed by atoms with Crippen LogP contribution in [0.2, 0.25) is 0 Å². The standard InChI is InChI=1S/C14H26N2OS.ClH/c1-11(2)7-14(5-3-4-6-14)9-15-13(17)12-8-18-10-16-12;/h11-12,16H,3-10H2,1-2H3,(H,15,17);1H. The third kappa shape index (κ3) is 4.83. The Hall–Kier alpha value is 0.0700. The summed E-state index contributed by atoms with van der Waals surface area (Å²) >= 11 is 1.81. The van der Waals surface area contributed by atoms with Crippen LogP contribution >= 0.6 is 24.2 Å². The van der Waals surface area contributed by atoms with Gasteiger partial charge in [-0.15, -0.1) is 24.2 Å². The van der Waals surface area contributed by atoms with Crippen LogP contribution in [0, 0.1) is 11.3 Å². The van der Waals surface area contributed by atoms with Gasteiger partial charge in [-0.3, -0.25) is 10.1 Å². The first-order valence-corrected chi connectivity index (χ1v) is 8.36. The summed E-state index contributed by atoms with van der Waals surface area (Å²) in [5.41, 5.74) is 0.384. The molecule has 1 aliphatic carbocycles. The second-order valence-electron chi connectivity index (χ2n) is 6.29. The summed E-state index contributed by atoms with van der Waals surface area (Å²) in [5, 5.41) is 6.43. The SMILES string of the molecule is CC(C)CC1(CNC(=O)C2CSCN2)CCCC1.Cl. The van der Waals surface area contributed by atoms with Crippen LogP contribution in [0.5, 0.6) is 0 Å². The van der Waals surface area contributed by atoms with E-state index in [4.69, 9.17) is 0 Å². The minimum absolute atomic E-state index is 0. The molecule has 2 fully saturated rings. The highest BCUT2D eigenvalue weighted by molar-refractivity contribution is 7.99. The minimum Gasteiger partial charge on any atom is -0.354 e. The molecule has 2 rings (SSSR count). The molecule has 112 valence electrons. The Morgan fingerprint density at radius 3 is 2.63 bits per heavy atom. The van der Waals surface area contributed by atoms with Gasteiger partial charge in [0.25, 0.3) is 0 Å². The van der Waals surface area contributed by atoms with Crippen LogP contribution in [0.25, 0.3) is 0 Å². The van der Waals surface area contributed by atoms with Crippen LogP contribution in [0.4, 0.5) is 0 Å². The largest absolute Gasteiger partial charge is 0.354 e. The van der Waals surface area contributed by atoms with E-state index in [-0.39, 0.29) is 24.4 Å². The van der Waals surface area contributed by atoms with Crippen LogP contribution < -0.4 is 10.6 Å². The van der Waals surface area contributed by atoms with Gasteiger partial charge in [0.2, 0.25) is 5.91 Å². The van der Waals surface area contributed by atoms with Gasteiger partial charge in [-0.2, -0.15) is 0 Å². The second kappa shape index (κ2) is 7.75. The van der Waals surface area contributed by atoms with E-state index in [1.165, 1.54) is 32.1 Å². The van der Waals surface area contributed by atoms with Crippen molar-refractivity contribution >= 4 is 30.1 Å². The summed E-state index contributed by atoms with van der Waals surface area (Å²) in [4.78, 5) is 12.0. The van der Waals surface area contributed by atoms with Crippen LogP contribution in [-0.4, -0.2) is 30.1 Å². The van der Waals surface area contributed by atoms with E-state index in [0.29, 0.717) is 5.41 Å². The van der Waals surface area contributed by atoms with Crippen LogP contribution in [0.15, 0.2) is 0 Å². The van der Waals surface area contributed by atoms with Crippen molar-refractivity contribution in [1.82, 2.24) is 10.6 Å². The van der Waals surface area contributed by atoms with E-state index in [0.717, 1.165) is 24.1 Å². The molecule has 0 aromatic heterocycles. The first-order chi connectivity index (χ1) is 8.61. The average molecular weight is 307 g/mol. The van der Waals surface area contributed by atoms with Gasteiger partial charge in [0.15, 0.2) is 0 Å². The maximum Gasteiger partial charge on any atom is 0.238 e. The number of rotatable bonds is 5. The summed E-state index contributed by atoms with van der Waals surface area (Å²) < 4.78 is 0. The molecule has 1 aliphatic heterocycles. The number of hydrogen-bond acceptors (Lipinski definition) is 3. The van der Waals surface area contributed by atoms with Crippen LogP contribution in [0.3, 0.4) is 0 Å². The second-order valence-corrected chi connectivity index (χ2v) is 7.32. The Bertz CT molecular complexity index is 287. The van der Waals surface area contributed by atoms with Crippen molar-refractivity contribution in [3.05, 3.63) is 0 Å². The molecule has 0 spiro atoms. The zero-order valence-corrected chi connectivity index (χ0v) is 13.7. The van der Waals surface area contributed by atoms with E-state index >= 15 is 0 Å². The zero-order valence-electron chi connectivity index (χ0n) is 12.0. The van der Waals surface area contributed by atoms with Gasteiger partial charge in [-0.1, -0.05) is 26.7 Å². The molecular formula is C14H27ClN2OS. The molecule has 1 atom stereocenters. The Morgan fingerprint density at radius 2 is 2.11 bits per heavy atom. The fourth-order valence-corrected chi connectivity index (χ4v) is 4.35. The molecule has 1 heterocycles. The van der Waals surface area contributed by atoms with Gasteiger partial charge in [0.05, 0.1) is 6.04 Å². The Kier molecular flexibility index (Phi) is 6.98. The predicted molar refractivity (Wildman–Crippen MR) is 84.9 cm³/mol. The Balaban J connectivity index is 0.00000180. The Labute approximate surface area is 127 Å². The van der Waals surface area contributed by atoms with E-state index in [1.807, 2.05) is 0 Å². The molecule has 0 bridgehead atoms. The average Bonchev–Trinajstić information content (AvgIpc) is 2.96. The molecule has 19 heavy (non-hydrogen) atoms. The van der Waals surface area contributed by atoms with E-state index < -0.39 is 0 Å². The lowest BCUT2D eigenvalue weighted by atomic mass is 9.78. The number of carbonyl (C=O) groups excluding carboxylic acids is 1. The van der Waals surface area contributed by atoms with Gasteiger partial charge in [0, 0.05) is 18.2 Å². The van der Waals surface area contributed by atoms with Gasteiger partial charge >= 0.3 is 0 Å². The topological polar surface area (TPSA) is 41.1 Å². The minimum atomic E-state index is 0. The third-order valence-corrected chi connectivity index (χ3v) is 5.12. The molecule has 5 heteroatoms. The molecule has 0 aromatic carbocycles. The van der Waals surface area contributed by atoms with E-state index in [1.54, 1.807) is 11.8 Å². The Morgan fingerprint density at radius 1 is 1.42 bits per heavy atom. The van der Waals surface area contributed by atoms with Crippen molar-refractivity contribution in [3.63, 3.8) is 0 Å². The molecule has 1 saturated heterocycles. The fraction of sp³-hybridized carbons (Fsp3) is 0.929. The summed E-state index contributed by atoms with van der Waals surface area (Å²) in [6, 6.07) is 0.0347. The van der Waals surface area contributed by atoms with Gasteiger partial charge in [0.1, 0.15) is 0 Å². The number of amides is 1. The molecule has 1 amide bonds. The highest BCUT2D eigenvalue weighted by Crippen LogP contribution is 2.42. The molecule has 2 aliphatic rings. The predicted octanol–water partition coefficient (Wildman–Crippen LogP) is 2.79. The van der Waals surface area contributed by atoms with E-state index in [2.05, 4.69) is 24.5 Å². The maximum absolute atomic E-state index is 12.0. The summed E-state index contributed by atoms with van der Waals surface area (Å²) in [6.07, 6.45) is 6.50. The molecular weight excluding hydrogens is 280 g/mol. The highest BCUT2D eigenvalue weighted by atomic mass is 35.5. The van der Waals surface area contributed by atoms with Crippen LogP contribution in [-0.2, 0) is 4.79 Å². The van der Waals surface area contributed by atoms with Crippen molar-refractivity contribution in [2.75, 3.05) is 18.2 Å². The van der Waals surface area contributed by atoms with Crippen molar-refractivity contribution < 1.29 is 4.79 Å². The van der Waals surface area contributed by atoms with Gasteiger partial charge in [-0.05, 0) is 30.6 Å². The quantitative estimate of drug-likeness (QED) is 0.820.